The number of ether oxygens (including phenoxy) is 2. The third kappa shape index (κ3) is 4.33. The number of amides is 2. The van der Waals surface area contributed by atoms with Crippen LogP contribution in [0, 0.1) is 17.8 Å². The molecule has 4 aliphatic rings. The fraction of sp³-hybridized carbons (Fsp3) is 0.815. The number of rotatable bonds is 10. The minimum atomic E-state index is -1.14. The maximum Gasteiger partial charge on any atom is 0.312 e. The van der Waals surface area contributed by atoms with Gasteiger partial charge in [0, 0.05) is 17.4 Å². The van der Waals surface area contributed by atoms with E-state index < -0.39 is 41.6 Å². The lowest BCUT2D eigenvalue weighted by Gasteiger charge is -2.43. The molecule has 3 saturated heterocycles. The fourth-order valence-electron chi connectivity index (χ4n) is 7.13. The molecule has 2 amide bonds. The molecule has 1 N–H and O–H groups in total. The van der Waals surface area contributed by atoms with Gasteiger partial charge in [-0.3, -0.25) is 14.4 Å². The topological polar surface area (TPSA) is 96.4 Å². The maximum atomic E-state index is 14.5. The van der Waals surface area contributed by atoms with E-state index in [1.165, 1.54) is 0 Å². The maximum absolute atomic E-state index is 14.5. The monoisotopic (exact) mass is 568 g/mol. The van der Waals surface area contributed by atoms with Crippen molar-refractivity contribution < 1.29 is 29.0 Å². The molecule has 4 rings (SSSR count). The number of carbonyl (C=O) groups excluding carboxylic acids is 3. The SMILES string of the molecule is C=CCN(C(=O)[C@@H]1N([C@@H](CO)[C@@H](C)CC)C(=O)[C@H]2[C@H](C(=O)OCC)[C@H]3O[C@@]12CC3Br)C1CCCCC1. The van der Waals surface area contributed by atoms with Crippen molar-refractivity contribution >= 4 is 33.7 Å². The van der Waals surface area contributed by atoms with E-state index in [1.807, 2.05) is 18.7 Å². The van der Waals surface area contributed by atoms with E-state index in [-0.39, 0.29) is 41.8 Å². The van der Waals surface area contributed by atoms with Crippen LogP contribution in [0.15, 0.2) is 12.7 Å². The van der Waals surface area contributed by atoms with Crippen molar-refractivity contribution in [3.63, 3.8) is 0 Å². The molecule has 8 atom stereocenters. The van der Waals surface area contributed by atoms with E-state index in [4.69, 9.17) is 9.47 Å². The number of hydrogen-bond acceptors (Lipinski definition) is 6. The highest BCUT2D eigenvalue weighted by Crippen LogP contribution is 2.61. The first-order chi connectivity index (χ1) is 17.3. The van der Waals surface area contributed by atoms with Crippen LogP contribution in [0.5, 0.6) is 0 Å². The smallest absolute Gasteiger partial charge is 0.312 e. The largest absolute Gasteiger partial charge is 0.466 e. The number of aliphatic hydroxyl groups excluding tert-OH is 1. The van der Waals surface area contributed by atoms with Crippen molar-refractivity contribution in [3.8, 4) is 0 Å². The van der Waals surface area contributed by atoms with E-state index in [0.717, 1.165) is 38.5 Å². The van der Waals surface area contributed by atoms with Crippen molar-refractivity contribution in [2.24, 2.45) is 17.8 Å². The molecule has 1 unspecified atom stereocenters. The van der Waals surface area contributed by atoms with Crippen LogP contribution in [0.2, 0.25) is 0 Å². The molecular formula is C27H41BrN2O6. The number of likely N-dealkylation sites (tertiary alicyclic amines) is 1. The molecule has 1 spiro atoms. The summed E-state index contributed by atoms with van der Waals surface area (Å²) in [4.78, 5) is 45.2. The summed E-state index contributed by atoms with van der Waals surface area (Å²) in [5, 5.41) is 10.5. The first-order valence-electron chi connectivity index (χ1n) is 13.6. The molecular weight excluding hydrogens is 528 g/mol. The van der Waals surface area contributed by atoms with E-state index in [1.54, 1.807) is 17.9 Å². The fourth-order valence-corrected chi connectivity index (χ4v) is 8.08. The zero-order valence-electron chi connectivity index (χ0n) is 21.7. The molecule has 4 fully saturated rings. The summed E-state index contributed by atoms with van der Waals surface area (Å²) in [5.74, 6) is -2.53. The van der Waals surface area contributed by atoms with E-state index in [2.05, 4.69) is 22.5 Å². The second-order valence-corrected chi connectivity index (χ2v) is 12.0. The third-order valence-corrected chi connectivity index (χ3v) is 9.83. The average Bonchev–Trinajstić information content (AvgIpc) is 3.47. The second-order valence-electron chi connectivity index (χ2n) is 10.9. The van der Waals surface area contributed by atoms with Gasteiger partial charge in [0.2, 0.25) is 11.8 Å². The van der Waals surface area contributed by atoms with Crippen LogP contribution in [0.25, 0.3) is 0 Å². The molecule has 9 heteroatoms. The van der Waals surface area contributed by atoms with E-state index >= 15 is 0 Å². The van der Waals surface area contributed by atoms with Gasteiger partial charge in [0.25, 0.3) is 0 Å². The number of fused-ring (bicyclic) bond motifs is 1. The number of esters is 1. The van der Waals surface area contributed by atoms with Gasteiger partial charge in [-0.05, 0) is 32.1 Å². The Labute approximate surface area is 222 Å². The van der Waals surface area contributed by atoms with Crippen molar-refractivity contribution in [3.05, 3.63) is 12.7 Å². The summed E-state index contributed by atoms with van der Waals surface area (Å²) in [6, 6.07) is -1.38. The quantitative estimate of drug-likeness (QED) is 0.247. The van der Waals surface area contributed by atoms with E-state index in [0.29, 0.717) is 13.0 Å². The highest BCUT2D eigenvalue weighted by molar-refractivity contribution is 9.09. The lowest BCUT2D eigenvalue weighted by Crippen LogP contribution is -2.61. The highest BCUT2D eigenvalue weighted by Gasteiger charge is 2.77. The Hall–Kier alpha value is -1.45. The van der Waals surface area contributed by atoms with Crippen LogP contribution >= 0.6 is 15.9 Å². The summed E-state index contributed by atoms with van der Waals surface area (Å²) in [7, 11) is 0. The van der Waals surface area contributed by atoms with Crippen LogP contribution in [-0.2, 0) is 23.9 Å². The Balaban J connectivity index is 1.81. The van der Waals surface area contributed by atoms with Gasteiger partial charge < -0.3 is 24.4 Å². The zero-order chi connectivity index (χ0) is 26.2. The van der Waals surface area contributed by atoms with Gasteiger partial charge in [0.1, 0.15) is 11.6 Å². The molecule has 1 aliphatic carbocycles. The molecule has 8 nitrogen and oxygen atoms in total. The molecule has 36 heavy (non-hydrogen) atoms. The van der Waals surface area contributed by atoms with Gasteiger partial charge >= 0.3 is 5.97 Å². The summed E-state index contributed by atoms with van der Waals surface area (Å²) in [5.41, 5.74) is -1.14. The van der Waals surface area contributed by atoms with E-state index in [9.17, 15) is 19.5 Å². The summed E-state index contributed by atoms with van der Waals surface area (Å²) in [6.07, 6.45) is 7.50. The molecule has 1 saturated carbocycles. The molecule has 0 radical (unpaired) electrons. The Morgan fingerprint density at radius 3 is 2.61 bits per heavy atom. The number of hydrogen-bond donors (Lipinski definition) is 1. The molecule has 0 aromatic heterocycles. The van der Waals surface area contributed by atoms with Gasteiger partial charge in [-0.25, -0.2) is 0 Å². The number of alkyl halides is 1. The molecule has 202 valence electrons. The number of halogens is 1. The van der Waals surface area contributed by atoms with Crippen molar-refractivity contribution in [1.29, 1.82) is 0 Å². The van der Waals surface area contributed by atoms with Crippen LogP contribution in [0.1, 0.15) is 65.7 Å². The first kappa shape index (κ1) is 27.6. The zero-order valence-corrected chi connectivity index (χ0v) is 23.3. The number of nitrogens with zero attached hydrogens (tertiary/aromatic N) is 2. The normalized spacial score (nSPS) is 35.4. The first-order valence-corrected chi connectivity index (χ1v) is 14.5. The molecule has 3 aliphatic heterocycles. The van der Waals surface area contributed by atoms with Gasteiger partial charge in [-0.2, -0.15) is 0 Å². The predicted octanol–water partition coefficient (Wildman–Crippen LogP) is 3.05. The van der Waals surface area contributed by atoms with Gasteiger partial charge in [-0.15, -0.1) is 6.58 Å². The highest BCUT2D eigenvalue weighted by atomic mass is 79.9. The Kier molecular flexibility index (Phi) is 8.52. The second kappa shape index (κ2) is 11.1. The average molecular weight is 570 g/mol. The van der Waals surface area contributed by atoms with Crippen molar-refractivity contribution in [2.75, 3.05) is 19.8 Å². The lowest BCUT2D eigenvalue weighted by molar-refractivity contribution is -0.157. The Morgan fingerprint density at radius 2 is 2.03 bits per heavy atom. The van der Waals surface area contributed by atoms with Crippen LogP contribution < -0.4 is 0 Å². The molecule has 0 aromatic rings. The lowest BCUT2D eigenvalue weighted by atomic mass is 9.70. The summed E-state index contributed by atoms with van der Waals surface area (Å²) >= 11 is 3.69. The standard InChI is InChI=1S/C27H41BrN2O6/c1-5-13-29(17-11-9-8-10-12-17)25(33)23-27-14-18(28)22(36-27)20(26(34)35-7-3)21(27)24(32)30(23)19(15-31)16(4)6-2/h5,16-23,31H,1,6-15H2,2-4H3/t16-,18?,19-,20-,21+,22-,23-,27+/m0/s1. The van der Waals surface area contributed by atoms with Crippen LogP contribution in [-0.4, -0.2) is 87.1 Å². The van der Waals surface area contributed by atoms with Crippen LogP contribution in [0.3, 0.4) is 0 Å². The minimum absolute atomic E-state index is 0.0370. The predicted molar refractivity (Wildman–Crippen MR) is 138 cm³/mol. The number of aliphatic hydroxyl groups is 1. The summed E-state index contributed by atoms with van der Waals surface area (Å²) < 4.78 is 11.9. The Bertz CT molecular complexity index is 863. The molecule has 0 aromatic carbocycles. The van der Waals surface area contributed by atoms with Crippen molar-refractivity contribution in [2.45, 2.75) is 100 Å². The van der Waals surface area contributed by atoms with Gasteiger partial charge in [0.05, 0.1) is 37.2 Å². The van der Waals surface area contributed by atoms with Gasteiger partial charge in [-0.1, -0.05) is 61.5 Å². The van der Waals surface area contributed by atoms with Gasteiger partial charge in [0.15, 0.2) is 0 Å². The Morgan fingerprint density at radius 1 is 1.33 bits per heavy atom. The van der Waals surface area contributed by atoms with Crippen LogP contribution in [0.4, 0.5) is 0 Å². The summed E-state index contributed by atoms with van der Waals surface area (Å²) in [6.45, 7) is 9.96. The number of carbonyl (C=O) groups is 3. The third-order valence-electron chi connectivity index (χ3n) is 8.99. The molecule has 3 heterocycles. The molecule has 2 bridgehead atoms. The van der Waals surface area contributed by atoms with Crippen molar-refractivity contribution in [1.82, 2.24) is 9.80 Å². The minimum Gasteiger partial charge on any atom is -0.466 e.